The highest BCUT2D eigenvalue weighted by molar-refractivity contribution is 5.97. The van der Waals surface area contributed by atoms with E-state index in [0.29, 0.717) is 6.54 Å². The van der Waals surface area contributed by atoms with E-state index < -0.39 is 0 Å². The Balaban J connectivity index is 1.92. The molecule has 1 aromatic carbocycles. The Labute approximate surface area is 118 Å². The van der Waals surface area contributed by atoms with Gasteiger partial charge in [-0.05, 0) is 31.0 Å². The molecule has 5 heteroatoms. The van der Waals surface area contributed by atoms with E-state index in [9.17, 15) is 4.79 Å². The third-order valence-electron chi connectivity index (χ3n) is 3.73. The summed E-state index contributed by atoms with van der Waals surface area (Å²) in [5, 5.41) is 4.14. The largest absolute Gasteiger partial charge is 0.326 e. The van der Waals surface area contributed by atoms with Crippen LogP contribution >= 0.6 is 0 Å². The fourth-order valence-corrected chi connectivity index (χ4v) is 2.68. The summed E-state index contributed by atoms with van der Waals surface area (Å²) in [6, 6.07) is 9.43. The number of carbonyl (C=O) groups excluding carboxylic acids is 1. The summed E-state index contributed by atoms with van der Waals surface area (Å²) in [5.74, 6) is 0.0244. The number of amides is 1. The topological polar surface area (TPSA) is 64.2 Å². The van der Waals surface area contributed by atoms with Gasteiger partial charge in [0.05, 0.1) is 0 Å². The van der Waals surface area contributed by atoms with E-state index in [0.717, 1.165) is 17.7 Å². The van der Waals surface area contributed by atoms with Gasteiger partial charge in [-0.15, -0.1) is 0 Å². The van der Waals surface area contributed by atoms with Gasteiger partial charge in [-0.2, -0.15) is 5.10 Å². The lowest BCUT2D eigenvalue weighted by atomic mass is 9.98. The second-order valence-electron chi connectivity index (χ2n) is 5.20. The van der Waals surface area contributed by atoms with Gasteiger partial charge in [0.2, 0.25) is 0 Å². The number of hydrogen-bond acceptors (Lipinski definition) is 3. The molecule has 2 unspecified atom stereocenters. The smallest absolute Gasteiger partial charge is 0.251 e. The molecule has 2 N–H and O–H groups in total. The lowest BCUT2D eigenvalue weighted by Gasteiger charge is -2.34. The second-order valence-corrected chi connectivity index (χ2v) is 5.20. The standard InChI is InChI=1S/C15H18N4O/c1-11(19-8-4-7-17-19)15(20)18-10-13(16)9-12-5-2-3-6-14(12)18/h2-8,11,13H,9-10,16H2,1H3. The van der Waals surface area contributed by atoms with E-state index in [1.807, 2.05) is 37.3 Å². The number of nitrogens with zero attached hydrogens (tertiary/aromatic N) is 3. The summed E-state index contributed by atoms with van der Waals surface area (Å²) < 4.78 is 1.67. The normalized spacial score (nSPS) is 19.5. The Morgan fingerprint density at radius 3 is 2.95 bits per heavy atom. The molecule has 0 bridgehead atoms. The summed E-state index contributed by atoms with van der Waals surface area (Å²) in [7, 11) is 0. The summed E-state index contributed by atoms with van der Waals surface area (Å²) in [6.45, 7) is 2.42. The molecule has 20 heavy (non-hydrogen) atoms. The van der Waals surface area contributed by atoms with E-state index in [1.54, 1.807) is 22.0 Å². The number of hydrogen-bond donors (Lipinski definition) is 1. The molecule has 2 aromatic rings. The van der Waals surface area contributed by atoms with Crippen LogP contribution in [0.1, 0.15) is 18.5 Å². The maximum Gasteiger partial charge on any atom is 0.251 e. The predicted octanol–water partition coefficient (Wildman–Crippen LogP) is 1.36. The molecule has 104 valence electrons. The third kappa shape index (κ3) is 2.20. The van der Waals surface area contributed by atoms with Crippen molar-refractivity contribution in [3.63, 3.8) is 0 Å². The lowest BCUT2D eigenvalue weighted by molar-refractivity contribution is -0.121. The Hall–Kier alpha value is -2.14. The van der Waals surface area contributed by atoms with Crippen LogP contribution in [-0.4, -0.2) is 28.3 Å². The molecule has 1 aliphatic rings. The van der Waals surface area contributed by atoms with Gasteiger partial charge >= 0.3 is 0 Å². The fraction of sp³-hybridized carbons (Fsp3) is 0.333. The number of rotatable bonds is 2. The predicted molar refractivity (Wildman–Crippen MR) is 77.4 cm³/mol. The van der Waals surface area contributed by atoms with Gasteiger partial charge < -0.3 is 10.6 Å². The zero-order valence-electron chi connectivity index (χ0n) is 11.4. The first kappa shape index (κ1) is 12.9. The van der Waals surface area contributed by atoms with Gasteiger partial charge in [-0.25, -0.2) is 0 Å². The maximum atomic E-state index is 12.7. The minimum Gasteiger partial charge on any atom is -0.326 e. The Morgan fingerprint density at radius 1 is 1.40 bits per heavy atom. The molecule has 0 aliphatic carbocycles. The van der Waals surface area contributed by atoms with E-state index in [2.05, 4.69) is 5.10 Å². The molecule has 1 amide bonds. The number of para-hydroxylation sites is 1. The number of carbonyl (C=O) groups is 1. The summed E-state index contributed by atoms with van der Waals surface area (Å²) >= 11 is 0. The van der Waals surface area contributed by atoms with Crippen LogP contribution in [0.25, 0.3) is 0 Å². The summed E-state index contributed by atoms with van der Waals surface area (Å²) in [6.07, 6.45) is 4.30. The number of fused-ring (bicyclic) bond motifs is 1. The highest BCUT2D eigenvalue weighted by atomic mass is 16.2. The summed E-state index contributed by atoms with van der Waals surface area (Å²) in [5.41, 5.74) is 8.18. The molecule has 0 fully saturated rings. The quantitative estimate of drug-likeness (QED) is 0.896. The van der Waals surface area contributed by atoms with Gasteiger partial charge in [-0.1, -0.05) is 18.2 Å². The molecule has 1 aliphatic heterocycles. The van der Waals surface area contributed by atoms with E-state index in [-0.39, 0.29) is 18.0 Å². The molecule has 2 atom stereocenters. The van der Waals surface area contributed by atoms with Crippen LogP contribution in [0.15, 0.2) is 42.7 Å². The van der Waals surface area contributed by atoms with Crippen molar-refractivity contribution < 1.29 is 4.79 Å². The molecular weight excluding hydrogens is 252 g/mol. The zero-order valence-corrected chi connectivity index (χ0v) is 11.4. The lowest BCUT2D eigenvalue weighted by Crippen LogP contribution is -2.48. The highest BCUT2D eigenvalue weighted by Crippen LogP contribution is 2.28. The van der Waals surface area contributed by atoms with Crippen LogP contribution in [0.3, 0.4) is 0 Å². The van der Waals surface area contributed by atoms with Crippen LogP contribution in [0.4, 0.5) is 5.69 Å². The highest BCUT2D eigenvalue weighted by Gasteiger charge is 2.29. The van der Waals surface area contributed by atoms with Crippen LogP contribution in [0, 0.1) is 0 Å². The molecule has 5 nitrogen and oxygen atoms in total. The van der Waals surface area contributed by atoms with Crippen LogP contribution in [-0.2, 0) is 11.2 Å². The van der Waals surface area contributed by atoms with Crippen molar-refractivity contribution in [2.45, 2.75) is 25.4 Å². The van der Waals surface area contributed by atoms with Gasteiger partial charge in [-0.3, -0.25) is 9.48 Å². The van der Waals surface area contributed by atoms with Crippen molar-refractivity contribution in [3.8, 4) is 0 Å². The molecule has 0 radical (unpaired) electrons. The van der Waals surface area contributed by atoms with Gasteiger partial charge in [0.15, 0.2) is 0 Å². The van der Waals surface area contributed by atoms with Crippen LogP contribution in [0.5, 0.6) is 0 Å². The summed E-state index contributed by atoms with van der Waals surface area (Å²) in [4.78, 5) is 14.5. The second kappa shape index (κ2) is 5.09. The minimum absolute atomic E-state index is 0.0151. The molecule has 1 aromatic heterocycles. The van der Waals surface area contributed by atoms with Crippen LogP contribution in [0.2, 0.25) is 0 Å². The Bertz CT molecular complexity index is 608. The number of aromatic nitrogens is 2. The first-order chi connectivity index (χ1) is 9.66. The molecule has 3 rings (SSSR count). The van der Waals surface area contributed by atoms with Gasteiger partial charge in [0, 0.05) is 30.7 Å². The monoisotopic (exact) mass is 270 g/mol. The van der Waals surface area contributed by atoms with Crippen molar-refractivity contribution in [3.05, 3.63) is 48.3 Å². The van der Waals surface area contributed by atoms with Crippen LogP contribution < -0.4 is 10.6 Å². The van der Waals surface area contributed by atoms with E-state index in [4.69, 9.17) is 5.73 Å². The van der Waals surface area contributed by atoms with Gasteiger partial charge in [0.1, 0.15) is 6.04 Å². The number of anilines is 1. The average molecular weight is 270 g/mol. The Morgan fingerprint density at radius 2 is 2.20 bits per heavy atom. The van der Waals surface area contributed by atoms with Gasteiger partial charge in [0.25, 0.3) is 5.91 Å². The fourth-order valence-electron chi connectivity index (χ4n) is 2.68. The first-order valence-corrected chi connectivity index (χ1v) is 6.81. The number of benzene rings is 1. The third-order valence-corrected chi connectivity index (χ3v) is 3.73. The zero-order chi connectivity index (χ0) is 14.1. The van der Waals surface area contributed by atoms with E-state index >= 15 is 0 Å². The Kier molecular flexibility index (Phi) is 3.28. The van der Waals surface area contributed by atoms with Crippen molar-refractivity contribution in [1.82, 2.24) is 9.78 Å². The molecule has 0 saturated carbocycles. The number of nitrogens with two attached hydrogens (primary N) is 1. The van der Waals surface area contributed by atoms with Crippen molar-refractivity contribution >= 4 is 11.6 Å². The average Bonchev–Trinajstić information content (AvgIpc) is 2.99. The molecule has 2 heterocycles. The minimum atomic E-state index is -0.330. The SMILES string of the molecule is CC(C(=O)N1CC(N)Cc2ccccc21)n1cccn1. The van der Waals surface area contributed by atoms with Crippen molar-refractivity contribution in [2.24, 2.45) is 5.73 Å². The molecule has 0 spiro atoms. The van der Waals surface area contributed by atoms with Crippen molar-refractivity contribution in [2.75, 3.05) is 11.4 Å². The first-order valence-electron chi connectivity index (χ1n) is 6.81. The van der Waals surface area contributed by atoms with Crippen molar-refractivity contribution in [1.29, 1.82) is 0 Å². The molecule has 0 saturated heterocycles. The molecular formula is C15H18N4O. The maximum absolute atomic E-state index is 12.7. The van der Waals surface area contributed by atoms with E-state index in [1.165, 1.54) is 0 Å².